The monoisotopic (exact) mass is 172 g/mol. The zero-order valence-electron chi connectivity index (χ0n) is 7.45. The maximum Gasteiger partial charge on any atom is 0.324 e. The smallest absolute Gasteiger partial charge is 0.324 e. The molecule has 0 aromatic carbocycles. The van der Waals surface area contributed by atoms with Crippen molar-refractivity contribution in [2.75, 3.05) is 26.7 Å². The molecule has 1 saturated heterocycles. The number of esters is 1. The van der Waals surface area contributed by atoms with Gasteiger partial charge in [0.05, 0.1) is 7.11 Å². The standard InChI is InChI=1S/C8H16N2O2/c1-12-8(11)7(6-9)10-4-2-3-5-10/h7H,2-6,9H2,1H3/t7-/m0/s1. The molecule has 1 aliphatic heterocycles. The van der Waals surface area contributed by atoms with E-state index in [2.05, 4.69) is 9.64 Å². The number of ether oxygens (including phenoxy) is 1. The Balaban J connectivity index is 2.48. The van der Waals surface area contributed by atoms with Crippen LogP contribution < -0.4 is 5.73 Å². The number of carbonyl (C=O) groups is 1. The highest BCUT2D eigenvalue weighted by Crippen LogP contribution is 2.11. The number of nitrogens with zero attached hydrogens (tertiary/aromatic N) is 1. The number of rotatable bonds is 3. The Bertz CT molecular complexity index is 155. The zero-order chi connectivity index (χ0) is 8.97. The summed E-state index contributed by atoms with van der Waals surface area (Å²) in [5.41, 5.74) is 5.49. The Kier molecular flexibility index (Phi) is 3.49. The van der Waals surface area contributed by atoms with E-state index in [1.54, 1.807) is 0 Å². The van der Waals surface area contributed by atoms with Gasteiger partial charge in [0.1, 0.15) is 6.04 Å². The predicted octanol–water partition coefficient (Wildman–Crippen LogP) is -0.417. The topological polar surface area (TPSA) is 55.6 Å². The molecule has 4 nitrogen and oxygen atoms in total. The predicted molar refractivity (Wildman–Crippen MR) is 45.7 cm³/mol. The first kappa shape index (κ1) is 9.48. The van der Waals surface area contributed by atoms with Crippen LogP contribution in [0.5, 0.6) is 0 Å². The van der Waals surface area contributed by atoms with E-state index in [1.165, 1.54) is 7.11 Å². The third-order valence-electron chi connectivity index (χ3n) is 2.28. The van der Waals surface area contributed by atoms with E-state index in [0.29, 0.717) is 6.54 Å². The van der Waals surface area contributed by atoms with Gasteiger partial charge < -0.3 is 10.5 Å². The van der Waals surface area contributed by atoms with Crippen molar-refractivity contribution in [1.82, 2.24) is 4.90 Å². The lowest BCUT2D eigenvalue weighted by molar-refractivity contribution is -0.146. The Hall–Kier alpha value is -0.610. The second-order valence-corrected chi connectivity index (χ2v) is 3.02. The largest absolute Gasteiger partial charge is 0.468 e. The number of hydrogen-bond donors (Lipinski definition) is 1. The summed E-state index contributed by atoms with van der Waals surface area (Å²) in [6, 6.07) is -0.225. The van der Waals surface area contributed by atoms with Crippen molar-refractivity contribution in [1.29, 1.82) is 0 Å². The van der Waals surface area contributed by atoms with E-state index >= 15 is 0 Å². The van der Waals surface area contributed by atoms with Gasteiger partial charge in [-0.15, -0.1) is 0 Å². The molecule has 0 amide bonds. The zero-order valence-corrected chi connectivity index (χ0v) is 7.45. The van der Waals surface area contributed by atoms with Gasteiger partial charge in [-0.25, -0.2) is 0 Å². The molecule has 4 heteroatoms. The number of hydrogen-bond acceptors (Lipinski definition) is 4. The summed E-state index contributed by atoms with van der Waals surface area (Å²) in [5, 5.41) is 0. The highest BCUT2D eigenvalue weighted by atomic mass is 16.5. The molecule has 0 bridgehead atoms. The Morgan fingerprint density at radius 3 is 2.58 bits per heavy atom. The molecule has 12 heavy (non-hydrogen) atoms. The second-order valence-electron chi connectivity index (χ2n) is 3.02. The fraction of sp³-hybridized carbons (Fsp3) is 0.875. The molecule has 1 heterocycles. The second kappa shape index (κ2) is 4.42. The minimum atomic E-state index is -0.225. The summed E-state index contributed by atoms with van der Waals surface area (Å²) in [5.74, 6) is -0.209. The Morgan fingerprint density at radius 2 is 2.17 bits per heavy atom. The lowest BCUT2D eigenvalue weighted by Crippen LogP contribution is -2.45. The molecule has 0 radical (unpaired) electrons. The highest BCUT2D eigenvalue weighted by molar-refractivity contribution is 5.75. The molecule has 2 N–H and O–H groups in total. The number of nitrogens with two attached hydrogens (primary N) is 1. The van der Waals surface area contributed by atoms with Crippen LogP contribution in [0.3, 0.4) is 0 Å². The Morgan fingerprint density at radius 1 is 1.58 bits per heavy atom. The van der Waals surface area contributed by atoms with Gasteiger partial charge in [0.15, 0.2) is 0 Å². The highest BCUT2D eigenvalue weighted by Gasteiger charge is 2.27. The SMILES string of the molecule is COC(=O)[C@H](CN)N1CCCC1. The first-order chi connectivity index (χ1) is 5.79. The molecular formula is C8H16N2O2. The van der Waals surface area contributed by atoms with Gasteiger partial charge in [-0.2, -0.15) is 0 Å². The average Bonchev–Trinajstić information content (AvgIpc) is 2.58. The maximum atomic E-state index is 11.2. The van der Waals surface area contributed by atoms with Crippen molar-refractivity contribution < 1.29 is 9.53 Å². The number of carbonyl (C=O) groups excluding carboxylic acids is 1. The fourth-order valence-corrected chi connectivity index (χ4v) is 1.58. The third kappa shape index (κ3) is 1.95. The summed E-state index contributed by atoms with van der Waals surface area (Å²) in [7, 11) is 1.40. The van der Waals surface area contributed by atoms with Crippen molar-refractivity contribution in [2.24, 2.45) is 5.73 Å². The summed E-state index contributed by atoms with van der Waals surface area (Å²) in [6.45, 7) is 2.29. The molecule has 1 atom stereocenters. The van der Waals surface area contributed by atoms with E-state index < -0.39 is 0 Å². The molecule has 0 unspecified atom stereocenters. The van der Waals surface area contributed by atoms with Crippen LogP contribution in [0.4, 0.5) is 0 Å². The quantitative estimate of drug-likeness (QED) is 0.588. The summed E-state index contributed by atoms with van der Waals surface area (Å²) in [6.07, 6.45) is 2.32. The van der Waals surface area contributed by atoms with Gasteiger partial charge >= 0.3 is 5.97 Å². The summed E-state index contributed by atoms with van der Waals surface area (Å²) < 4.78 is 4.66. The Labute approximate surface area is 72.7 Å². The van der Waals surface area contributed by atoms with Crippen molar-refractivity contribution in [3.05, 3.63) is 0 Å². The van der Waals surface area contributed by atoms with Gasteiger partial charge in [0.2, 0.25) is 0 Å². The number of methoxy groups -OCH3 is 1. The molecule has 1 fully saturated rings. The van der Waals surface area contributed by atoms with Crippen LogP contribution in [-0.2, 0) is 9.53 Å². The van der Waals surface area contributed by atoms with Crippen molar-refractivity contribution in [2.45, 2.75) is 18.9 Å². The molecule has 1 rings (SSSR count). The van der Waals surface area contributed by atoms with Crippen molar-refractivity contribution >= 4 is 5.97 Å². The van der Waals surface area contributed by atoms with E-state index in [1.807, 2.05) is 0 Å². The lowest BCUT2D eigenvalue weighted by atomic mass is 10.2. The molecule has 70 valence electrons. The lowest BCUT2D eigenvalue weighted by Gasteiger charge is -2.23. The van der Waals surface area contributed by atoms with Gasteiger partial charge in [0, 0.05) is 6.54 Å². The van der Waals surface area contributed by atoms with Crippen molar-refractivity contribution in [3.8, 4) is 0 Å². The van der Waals surface area contributed by atoms with Crippen LogP contribution in [0, 0.1) is 0 Å². The normalized spacial score (nSPS) is 20.8. The van der Waals surface area contributed by atoms with Gasteiger partial charge in [-0.3, -0.25) is 9.69 Å². The first-order valence-corrected chi connectivity index (χ1v) is 4.31. The number of likely N-dealkylation sites (tertiary alicyclic amines) is 1. The van der Waals surface area contributed by atoms with Crippen LogP contribution in [0.15, 0.2) is 0 Å². The molecular weight excluding hydrogens is 156 g/mol. The van der Waals surface area contributed by atoms with Crippen LogP contribution in [0.1, 0.15) is 12.8 Å². The fourth-order valence-electron chi connectivity index (χ4n) is 1.58. The van der Waals surface area contributed by atoms with E-state index in [4.69, 9.17) is 5.73 Å². The summed E-state index contributed by atoms with van der Waals surface area (Å²) >= 11 is 0. The third-order valence-corrected chi connectivity index (χ3v) is 2.28. The van der Waals surface area contributed by atoms with E-state index in [0.717, 1.165) is 25.9 Å². The van der Waals surface area contributed by atoms with Crippen LogP contribution in [0.2, 0.25) is 0 Å². The van der Waals surface area contributed by atoms with E-state index in [9.17, 15) is 4.79 Å². The average molecular weight is 172 g/mol. The molecule has 0 aliphatic carbocycles. The maximum absolute atomic E-state index is 11.2. The van der Waals surface area contributed by atoms with Crippen LogP contribution >= 0.6 is 0 Å². The van der Waals surface area contributed by atoms with Gasteiger partial charge in [-0.05, 0) is 25.9 Å². The molecule has 1 aliphatic rings. The van der Waals surface area contributed by atoms with Gasteiger partial charge in [-0.1, -0.05) is 0 Å². The molecule has 0 saturated carbocycles. The molecule has 0 aromatic heterocycles. The van der Waals surface area contributed by atoms with Crippen molar-refractivity contribution in [3.63, 3.8) is 0 Å². The van der Waals surface area contributed by atoms with E-state index in [-0.39, 0.29) is 12.0 Å². The first-order valence-electron chi connectivity index (χ1n) is 4.31. The molecule has 0 spiro atoms. The van der Waals surface area contributed by atoms with Crippen LogP contribution in [-0.4, -0.2) is 43.7 Å². The summed E-state index contributed by atoms with van der Waals surface area (Å²) in [4.78, 5) is 13.3. The molecule has 0 aromatic rings. The van der Waals surface area contributed by atoms with Gasteiger partial charge in [0.25, 0.3) is 0 Å². The minimum Gasteiger partial charge on any atom is -0.468 e. The van der Waals surface area contributed by atoms with Crippen LogP contribution in [0.25, 0.3) is 0 Å². The minimum absolute atomic E-state index is 0.209.